The fraction of sp³-hybridized carbons (Fsp3) is 0.0833. The van der Waals surface area contributed by atoms with Gasteiger partial charge in [-0.2, -0.15) is 0 Å². The first-order valence-corrected chi connectivity index (χ1v) is 8.37. The lowest BCUT2D eigenvalue weighted by Gasteiger charge is -2.08. The van der Waals surface area contributed by atoms with E-state index in [0.29, 0.717) is 0 Å². The molecule has 0 spiro atoms. The van der Waals surface area contributed by atoms with E-state index in [2.05, 4.69) is 98.8 Å². The van der Waals surface area contributed by atoms with Gasteiger partial charge in [-0.15, -0.1) is 0 Å². The van der Waals surface area contributed by atoms with Crippen LogP contribution in [-0.4, -0.2) is 0 Å². The fourth-order valence-corrected chi connectivity index (χ4v) is 3.25. The van der Waals surface area contributed by atoms with E-state index in [4.69, 9.17) is 0 Å². The van der Waals surface area contributed by atoms with Crippen molar-refractivity contribution in [2.75, 3.05) is 0 Å². The van der Waals surface area contributed by atoms with Crippen LogP contribution in [0, 0.1) is 13.8 Å². The van der Waals surface area contributed by atoms with Crippen LogP contribution >= 0.6 is 0 Å². The first-order chi connectivity index (χ1) is 11.7. The Labute approximate surface area is 143 Å². The maximum atomic E-state index is 2.28. The highest BCUT2D eigenvalue weighted by atomic mass is 14.1. The van der Waals surface area contributed by atoms with Gasteiger partial charge in [0, 0.05) is 0 Å². The number of hydrogen-bond donors (Lipinski definition) is 0. The van der Waals surface area contributed by atoms with Crippen LogP contribution in [0.2, 0.25) is 0 Å². The van der Waals surface area contributed by atoms with Crippen molar-refractivity contribution >= 4 is 10.8 Å². The smallest absolute Gasteiger partial charge is 0.0177 e. The zero-order valence-corrected chi connectivity index (χ0v) is 14.1. The van der Waals surface area contributed by atoms with Crippen molar-refractivity contribution in [1.29, 1.82) is 0 Å². The van der Waals surface area contributed by atoms with Crippen LogP contribution in [0.3, 0.4) is 0 Å². The van der Waals surface area contributed by atoms with Crippen LogP contribution in [0.15, 0.2) is 84.9 Å². The standard InChI is InChI=1S/C24H20/c1-17-5-3-7-19(13-17)21-9-11-24-16-22(10-12-23(24)15-21)20-8-4-6-18(2)14-20/h3-16H,1-2H3. The van der Waals surface area contributed by atoms with Crippen molar-refractivity contribution < 1.29 is 0 Å². The minimum atomic E-state index is 1.27. The molecule has 0 heteroatoms. The lowest BCUT2D eigenvalue weighted by Crippen LogP contribution is -1.83. The van der Waals surface area contributed by atoms with Crippen molar-refractivity contribution in [3.05, 3.63) is 96.1 Å². The Morgan fingerprint density at radius 2 is 0.833 bits per heavy atom. The quantitative estimate of drug-likeness (QED) is 0.382. The lowest BCUT2D eigenvalue weighted by atomic mass is 9.97. The second-order valence-corrected chi connectivity index (χ2v) is 6.52. The normalized spacial score (nSPS) is 10.9. The van der Waals surface area contributed by atoms with Crippen molar-refractivity contribution in [2.24, 2.45) is 0 Å². The molecule has 116 valence electrons. The van der Waals surface area contributed by atoms with Gasteiger partial charge >= 0.3 is 0 Å². The summed E-state index contributed by atoms with van der Waals surface area (Å²) in [6.45, 7) is 4.28. The van der Waals surface area contributed by atoms with E-state index in [1.807, 2.05) is 0 Å². The first kappa shape index (κ1) is 14.7. The Kier molecular flexibility index (Phi) is 3.66. The van der Waals surface area contributed by atoms with E-state index in [1.54, 1.807) is 0 Å². The van der Waals surface area contributed by atoms with Crippen LogP contribution < -0.4 is 0 Å². The van der Waals surface area contributed by atoms with Gasteiger partial charge in [0.25, 0.3) is 0 Å². The van der Waals surface area contributed by atoms with Crippen molar-refractivity contribution in [1.82, 2.24) is 0 Å². The molecule has 0 fully saturated rings. The van der Waals surface area contributed by atoms with Crippen LogP contribution in [0.4, 0.5) is 0 Å². The third kappa shape index (κ3) is 2.83. The van der Waals surface area contributed by atoms with Crippen molar-refractivity contribution in [2.45, 2.75) is 13.8 Å². The summed E-state index contributed by atoms with van der Waals surface area (Å²) in [7, 11) is 0. The molecule has 0 unspecified atom stereocenters. The van der Waals surface area contributed by atoms with Gasteiger partial charge < -0.3 is 0 Å². The first-order valence-electron chi connectivity index (χ1n) is 8.37. The second kappa shape index (κ2) is 5.98. The SMILES string of the molecule is Cc1cccc(-c2ccc3cc(-c4cccc(C)c4)ccc3c2)c1. The van der Waals surface area contributed by atoms with Crippen molar-refractivity contribution in [3.8, 4) is 22.3 Å². The van der Waals surface area contributed by atoms with Crippen molar-refractivity contribution in [3.63, 3.8) is 0 Å². The Bertz CT molecular complexity index is 940. The summed E-state index contributed by atoms with van der Waals surface area (Å²) in [5.74, 6) is 0. The summed E-state index contributed by atoms with van der Waals surface area (Å²) in [6.07, 6.45) is 0. The molecule has 24 heavy (non-hydrogen) atoms. The Morgan fingerprint density at radius 1 is 0.417 bits per heavy atom. The Balaban J connectivity index is 1.78. The van der Waals surface area contributed by atoms with Gasteiger partial charge in [0.1, 0.15) is 0 Å². The third-order valence-electron chi connectivity index (χ3n) is 4.54. The molecular formula is C24H20. The molecule has 4 aromatic rings. The summed E-state index contributed by atoms with van der Waals surface area (Å²) >= 11 is 0. The molecule has 0 saturated carbocycles. The van der Waals surface area contributed by atoms with Crippen LogP contribution in [0.5, 0.6) is 0 Å². The van der Waals surface area contributed by atoms with Gasteiger partial charge in [0.15, 0.2) is 0 Å². The van der Waals surface area contributed by atoms with E-state index in [-0.39, 0.29) is 0 Å². The number of rotatable bonds is 2. The monoisotopic (exact) mass is 308 g/mol. The van der Waals surface area contributed by atoms with Gasteiger partial charge in [-0.1, -0.05) is 83.9 Å². The maximum absolute atomic E-state index is 2.28. The fourth-order valence-electron chi connectivity index (χ4n) is 3.25. The molecule has 0 bridgehead atoms. The van der Waals surface area contributed by atoms with E-state index < -0.39 is 0 Å². The minimum absolute atomic E-state index is 1.27. The lowest BCUT2D eigenvalue weighted by molar-refractivity contribution is 1.47. The minimum Gasteiger partial charge on any atom is -0.0614 e. The van der Waals surface area contributed by atoms with Crippen LogP contribution in [0.1, 0.15) is 11.1 Å². The van der Waals surface area contributed by atoms with E-state index in [1.165, 1.54) is 44.2 Å². The molecular weight excluding hydrogens is 288 g/mol. The largest absolute Gasteiger partial charge is 0.0614 e. The Morgan fingerprint density at radius 3 is 1.25 bits per heavy atom. The maximum Gasteiger partial charge on any atom is -0.0177 e. The van der Waals surface area contributed by atoms with E-state index in [0.717, 1.165) is 0 Å². The molecule has 0 saturated heterocycles. The average Bonchev–Trinajstić information content (AvgIpc) is 2.61. The number of benzene rings is 4. The molecule has 0 aliphatic rings. The summed E-state index contributed by atoms with van der Waals surface area (Å²) in [5, 5.41) is 2.57. The predicted octanol–water partition coefficient (Wildman–Crippen LogP) is 6.79. The predicted molar refractivity (Wildman–Crippen MR) is 104 cm³/mol. The molecule has 0 nitrogen and oxygen atoms in total. The number of hydrogen-bond acceptors (Lipinski definition) is 0. The highest BCUT2D eigenvalue weighted by Crippen LogP contribution is 2.29. The summed E-state index contributed by atoms with van der Waals surface area (Å²) in [5.41, 5.74) is 7.69. The molecule has 0 amide bonds. The molecule has 0 aliphatic carbocycles. The summed E-state index contributed by atoms with van der Waals surface area (Å²) in [4.78, 5) is 0. The zero-order valence-electron chi connectivity index (χ0n) is 14.1. The summed E-state index contributed by atoms with van der Waals surface area (Å²) < 4.78 is 0. The van der Waals surface area contributed by atoms with E-state index >= 15 is 0 Å². The highest BCUT2D eigenvalue weighted by Gasteiger charge is 2.03. The van der Waals surface area contributed by atoms with E-state index in [9.17, 15) is 0 Å². The second-order valence-electron chi connectivity index (χ2n) is 6.52. The number of fused-ring (bicyclic) bond motifs is 1. The van der Waals surface area contributed by atoms with Gasteiger partial charge in [-0.05, 0) is 59.0 Å². The molecule has 4 aromatic carbocycles. The average molecular weight is 308 g/mol. The van der Waals surface area contributed by atoms with Gasteiger partial charge in [-0.25, -0.2) is 0 Å². The van der Waals surface area contributed by atoms with Gasteiger partial charge in [0.05, 0.1) is 0 Å². The molecule has 0 heterocycles. The molecule has 0 aliphatic heterocycles. The van der Waals surface area contributed by atoms with Crippen LogP contribution in [0.25, 0.3) is 33.0 Å². The van der Waals surface area contributed by atoms with Crippen LogP contribution in [-0.2, 0) is 0 Å². The molecule has 4 rings (SSSR count). The molecule has 0 radical (unpaired) electrons. The summed E-state index contributed by atoms with van der Waals surface area (Å²) in [6, 6.07) is 30.8. The van der Waals surface area contributed by atoms with Gasteiger partial charge in [-0.3, -0.25) is 0 Å². The third-order valence-corrected chi connectivity index (χ3v) is 4.54. The molecule has 0 N–H and O–H groups in total. The van der Waals surface area contributed by atoms with Gasteiger partial charge in [0.2, 0.25) is 0 Å². The topological polar surface area (TPSA) is 0 Å². The molecule has 0 aromatic heterocycles. The number of aryl methyl sites for hydroxylation is 2. The highest BCUT2D eigenvalue weighted by molar-refractivity contribution is 5.90. The molecule has 0 atom stereocenters. The zero-order chi connectivity index (χ0) is 16.5. The Hall–Kier alpha value is -2.86.